The lowest BCUT2D eigenvalue weighted by molar-refractivity contribution is 0.0765. The van der Waals surface area contributed by atoms with Gasteiger partial charge in [-0.2, -0.15) is 0 Å². The molecule has 1 amide bonds. The van der Waals surface area contributed by atoms with Gasteiger partial charge in [-0.1, -0.05) is 0 Å². The van der Waals surface area contributed by atoms with Crippen molar-refractivity contribution in [3.63, 3.8) is 0 Å². The summed E-state index contributed by atoms with van der Waals surface area (Å²) in [5.41, 5.74) is -0.0773. The molecule has 0 aliphatic rings. The van der Waals surface area contributed by atoms with Crippen molar-refractivity contribution in [2.24, 2.45) is 0 Å². The van der Waals surface area contributed by atoms with E-state index >= 15 is 0 Å². The Hall–Kier alpha value is -1.55. The van der Waals surface area contributed by atoms with E-state index in [2.05, 4.69) is 5.32 Å². The number of benzene rings is 1. The number of aliphatic hydroxyl groups is 1. The first-order valence-electron chi connectivity index (χ1n) is 6.85. The smallest absolute Gasteiger partial charge is 0.251 e. The second kappa shape index (κ2) is 6.27. The summed E-state index contributed by atoms with van der Waals surface area (Å²) in [4.78, 5) is 12.0. The van der Waals surface area contributed by atoms with Crippen LogP contribution in [0, 0.1) is 0 Å². The number of carbonyl (C=O) groups excluding carboxylic acids is 1. The molecule has 2 N–H and O–H groups in total. The molecule has 112 valence electrons. The molecule has 1 aromatic carbocycles. The lowest BCUT2D eigenvalue weighted by Gasteiger charge is -2.25. The van der Waals surface area contributed by atoms with Crippen molar-refractivity contribution < 1.29 is 14.6 Å². The number of ether oxygens (including phenoxy) is 1. The monoisotopic (exact) mass is 279 g/mol. The molecule has 0 atom stereocenters. The van der Waals surface area contributed by atoms with Crippen LogP contribution in [0.1, 0.15) is 51.4 Å². The van der Waals surface area contributed by atoms with Crippen molar-refractivity contribution in [3.8, 4) is 5.75 Å². The first-order chi connectivity index (χ1) is 9.13. The Balaban J connectivity index is 2.72. The van der Waals surface area contributed by atoms with E-state index < -0.39 is 5.60 Å². The van der Waals surface area contributed by atoms with Gasteiger partial charge >= 0.3 is 0 Å². The molecule has 1 aromatic rings. The zero-order chi connectivity index (χ0) is 15.4. The SMILES string of the molecule is CC(C)(C)NC(=O)c1ccc(OC(C)(C)CCO)cc1. The fourth-order valence-electron chi connectivity index (χ4n) is 1.73. The summed E-state index contributed by atoms with van der Waals surface area (Å²) in [6, 6.07) is 7.03. The van der Waals surface area contributed by atoms with Gasteiger partial charge in [0.05, 0.1) is 0 Å². The Morgan fingerprint density at radius 1 is 1.15 bits per heavy atom. The van der Waals surface area contributed by atoms with Crippen LogP contribution in [0.4, 0.5) is 0 Å². The molecular formula is C16H25NO3. The largest absolute Gasteiger partial charge is 0.488 e. The highest BCUT2D eigenvalue weighted by atomic mass is 16.5. The van der Waals surface area contributed by atoms with Crippen molar-refractivity contribution in [1.29, 1.82) is 0 Å². The maximum atomic E-state index is 12.0. The average Bonchev–Trinajstić information content (AvgIpc) is 2.26. The maximum absolute atomic E-state index is 12.0. The van der Waals surface area contributed by atoms with E-state index in [1.54, 1.807) is 24.3 Å². The fourth-order valence-corrected chi connectivity index (χ4v) is 1.73. The van der Waals surface area contributed by atoms with E-state index in [1.807, 2.05) is 34.6 Å². The number of rotatable bonds is 5. The number of nitrogens with one attached hydrogen (secondary N) is 1. The molecular weight excluding hydrogens is 254 g/mol. The Kier molecular flexibility index (Phi) is 5.17. The van der Waals surface area contributed by atoms with Gasteiger partial charge in [0.1, 0.15) is 11.4 Å². The van der Waals surface area contributed by atoms with Gasteiger partial charge in [0.25, 0.3) is 5.91 Å². The minimum absolute atomic E-state index is 0.0824. The van der Waals surface area contributed by atoms with Gasteiger partial charge in [0, 0.05) is 24.1 Å². The highest BCUT2D eigenvalue weighted by Crippen LogP contribution is 2.21. The molecule has 0 radical (unpaired) electrons. The number of carbonyl (C=O) groups is 1. The third-order valence-electron chi connectivity index (χ3n) is 2.71. The van der Waals surface area contributed by atoms with Crippen molar-refractivity contribution in [2.45, 2.75) is 52.2 Å². The summed E-state index contributed by atoms with van der Waals surface area (Å²) < 4.78 is 5.79. The van der Waals surface area contributed by atoms with E-state index in [9.17, 15) is 4.79 Å². The lowest BCUT2D eigenvalue weighted by atomic mass is 10.1. The zero-order valence-electron chi connectivity index (χ0n) is 13.0. The van der Waals surface area contributed by atoms with Crippen LogP contribution in [-0.4, -0.2) is 28.8 Å². The van der Waals surface area contributed by atoms with Crippen LogP contribution in [0.15, 0.2) is 24.3 Å². The summed E-state index contributed by atoms with van der Waals surface area (Å²) in [7, 11) is 0. The summed E-state index contributed by atoms with van der Waals surface area (Å²) in [6.45, 7) is 9.76. The molecule has 4 heteroatoms. The lowest BCUT2D eigenvalue weighted by Crippen LogP contribution is -2.40. The van der Waals surface area contributed by atoms with Crippen LogP contribution in [-0.2, 0) is 0 Å². The Morgan fingerprint density at radius 3 is 2.15 bits per heavy atom. The number of hydrogen-bond donors (Lipinski definition) is 2. The normalized spacial score (nSPS) is 12.1. The standard InChI is InChI=1S/C16H25NO3/c1-15(2,3)17-14(19)12-6-8-13(9-7-12)20-16(4,5)10-11-18/h6-9,18H,10-11H2,1-5H3,(H,17,19). The quantitative estimate of drug-likeness (QED) is 0.871. The van der Waals surface area contributed by atoms with E-state index in [4.69, 9.17) is 9.84 Å². The fraction of sp³-hybridized carbons (Fsp3) is 0.562. The number of aliphatic hydroxyl groups excluding tert-OH is 1. The van der Waals surface area contributed by atoms with Crippen LogP contribution < -0.4 is 10.1 Å². The Labute approximate surface area is 121 Å². The predicted octanol–water partition coefficient (Wildman–Crippen LogP) is 2.75. The van der Waals surface area contributed by atoms with E-state index in [1.165, 1.54) is 0 Å². The molecule has 0 aliphatic heterocycles. The number of hydrogen-bond acceptors (Lipinski definition) is 3. The van der Waals surface area contributed by atoms with Gasteiger partial charge in [-0.3, -0.25) is 4.79 Å². The molecule has 0 heterocycles. The molecule has 1 rings (SSSR count). The zero-order valence-corrected chi connectivity index (χ0v) is 13.0. The van der Waals surface area contributed by atoms with E-state index in [0.717, 1.165) is 0 Å². The molecule has 0 unspecified atom stereocenters. The molecule has 0 aliphatic carbocycles. The third kappa shape index (κ3) is 5.61. The van der Waals surface area contributed by atoms with Crippen molar-refractivity contribution in [1.82, 2.24) is 5.32 Å². The minimum Gasteiger partial charge on any atom is -0.488 e. The molecule has 0 saturated heterocycles. The van der Waals surface area contributed by atoms with Crippen LogP contribution >= 0.6 is 0 Å². The average molecular weight is 279 g/mol. The summed E-state index contributed by atoms with van der Waals surface area (Å²) in [5, 5.41) is 11.9. The molecule has 0 fully saturated rings. The van der Waals surface area contributed by atoms with Gasteiger partial charge in [-0.25, -0.2) is 0 Å². The van der Waals surface area contributed by atoms with Gasteiger partial charge in [-0.05, 0) is 58.9 Å². The molecule has 0 saturated carbocycles. The second-order valence-corrected chi connectivity index (χ2v) is 6.56. The maximum Gasteiger partial charge on any atom is 0.251 e. The summed E-state index contributed by atoms with van der Waals surface area (Å²) >= 11 is 0. The van der Waals surface area contributed by atoms with Crippen LogP contribution in [0.3, 0.4) is 0 Å². The highest BCUT2D eigenvalue weighted by Gasteiger charge is 2.19. The van der Waals surface area contributed by atoms with Gasteiger partial charge in [0.15, 0.2) is 0 Å². The van der Waals surface area contributed by atoms with Crippen LogP contribution in [0.2, 0.25) is 0 Å². The third-order valence-corrected chi connectivity index (χ3v) is 2.71. The molecule has 0 aromatic heterocycles. The summed E-state index contributed by atoms with van der Waals surface area (Å²) in [6.07, 6.45) is 0.555. The molecule has 0 bridgehead atoms. The van der Waals surface area contributed by atoms with E-state index in [0.29, 0.717) is 17.7 Å². The second-order valence-electron chi connectivity index (χ2n) is 6.56. The molecule has 20 heavy (non-hydrogen) atoms. The minimum atomic E-state index is -0.427. The van der Waals surface area contributed by atoms with Crippen molar-refractivity contribution in [3.05, 3.63) is 29.8 Å². The van der Waals surface area contributed by atoms with Crippen molar-refractivity contribution in [2.75, 3.05) is 6.61 Å². The topological polar surface area (TPSA) is 58.6 Å². The van der Waals surface area contributed by atoms with Crippen LogP contribution in [0.5, 0.6) is 5.75 Å². The van der Waals surface area contributed by atoms with Gasteiger partial charge in [-0.15, -0.1) is 0 Å². The van der Waals surface area contributed by atoms with Gasteiger partial charge in [0.2, 0.25) is 0 Å². The Morgan fingerprint density at radius 2 is 1.70 bits per heavy atom. The van der Waals surface area contributed by atoms with E-state index in [-0.39, 0.29) is 18.1 Å². The summed E-state index contributed by atoms with van der Waals surface area (Å²) in [5.74, 6) is 0.592. The molecule has 4 nitrogen and oxygen atoms in total. The first kappa shape index (κ1) is 16.5. The Bertz CT molecular complexity index is 444. The van der Waals surface area contributed by atoms with Crippen molar-refractivity contribution >= 4 is 5.91 Å². The first-order valence-corrected chi connectivity index (χ1v) is 6.85. The van der Waals surface area contributed by atoms with Gasteiger partial charge < -0.3 is 15.2 Å². The molecule has 0 spiro atoms. The predicted molar refractivity (Wildman–Crippen MR) is 80.1 cm³/mol. The number of amides is 1. The van der Waals surface area contributed by atoms with Crippen LogP contribution in [0.25, 0.3) is 0 Å². The highest BCUT2D eigenvalue weighted by molar-refractivity contribution is 5.94.